The molecule has 0 radical (unpaired) electrons. The maximum absolute atomic E-state index is 12.8. The second-order valence-electron chi connectivity index (χ2n) is 8.03. The largest absolute Gasteiger partial charge is 0.493 e. The third-order valence-electron chi connectivity index (χ3n) is 6.00. The van der Waals surface area contributed by atoms with Crippen molar-refractivity contribution in [2.75, 3.05) is 39.8 Å². The molecule has 4 rings (SSSR count). The summed E-state index contributed by atoms with van der Waals surface area (Å²) in [4.78, 5) is 14.9. The first-order valence-electron chi connectivity index (χ1n) is 11.3. The van der Waals surface area contributed by atoms with Gasteiger partial charge >= 0.3 is 5.97 Å². The topological polar surface area (TPSA) is 69.3 Å². The van der Waals surface area contributed by atoms with Crippen LogP contribution >= 0.6 is 15.9 Å². The molecule has 0 amide bonds. The van der Waals surface area contributed by atoms with Gasteiger partial charge in [0.1, 0.15) is 6.17 Å². The van der Waals surface area contributed by atoms with E-state index in [1.54, 1.807) is 21.3 Å². The highest BCUT2D eigenvalue weighted by atomic mass is 79.9. The molecular weight excluding hydrogens is 512 g/mol. The van der Waals surface area contributed by atoms with Gasteiger partial charge < -0.3 is 24.3 Å². The SMILES string of the molecule is CCOC(=O)CN1[C@@H](c2ccccc2)c2cc(Br)ccc2N[C@H]1c1cc(OC)c(OC)c(OC)c1. The number of methoxy groups -OCH3 is 3. The molecule has 0 unspecified atom stereocenters. The second kappa shape index (κ2) is 11.0. The van der Waals surface area contributed by atoms with E-state index in [2.05, 4.69) is 44.3 Å². The van der Waals surface area contributed by atoms with Crippen LogP contribution in [0.3, 0.4) is 0 Å². The highest BCUT2D eigenvalue weighted by molar-refractivity contribution is 9.10. The van der Waals surface area contributed by atoms with Gasteiger partial charge in [0.05, 0.1) is 40.5 Å². The number of carbonyl (C=O) groups is 1. The highest BCUT2D eigenvalue weighted by Crippen LogP contribution is 2.47. The number of ether oxygens (including phenoxy) is 4. The number of fused-ring (bicyclic) bond motifs is 1. The first kappa shape index (κ1) is 24.9. The summed E-state index contributed by atoms with van der Waals surface area (Å²) in [5.41, 5.74) is 3.95. The zero-order valence-corrected chi connectivity index (χ0v) is 21.8. The Bertz CT molecular complexity index is 1160. The molecule has 1 N–H and O–H groups in total. The summed E-state index contributed by atoms with van der Waals surface area (Å²) >= 11 is 3.61. The number of esters is 1. The van der Waals surface area contributed by atoms with E-state index >= 15 is 0 Å². The molecule has 1 aliphatic heterocycles. The fourth-order valence-corrected chi connectivity index (χ4v) is 4.91. The number of benzene rings is 3. The third-order valence-corrected chi connectivity index (χ3v) is 6.49. The van der Waals surface area contributed by atoms with Gasteiger partial charge in [-0.1, -0.05) is 46.3 Å². The lowest BCUT2D eigenvalue weighted by Crippen LogP contribution is -2.44. The van der Waals surface area contributed by atoms with Crippen LogP contribution in [0.5, 0.6) is 17.2 Å². The Morgan fingerprint density at radius 1 is 0.943 bits per heavy atom. The molecule has 184 valence electrons. The Balaban J connectivity index is 1.92. The molecule has 0 spiro atoms. The first-order chi connectivity index (χ1) is 17.0. The summed E-state index contributed by atoms with van der Waals surface area (Å²) in [6.07, 6.45) is -0.382. The van der Waals surface area contributed by atoms with Gasteiger partial charge in [-0.3, -0.25) is 9.69 Å². The molecule has 0 saturated heterocycles. The van der Waals surface area contributed by atoms with E-state index in [0.717, 1.165) is 26.9 Å². The van der Waals surface area contributed by atoms with Crippen LogP contribution in [0.4, 0.5) is 5.69 Å². The van der Waals surface area contributed by atoms with Crippen molar-refractivity contribution in [2.45, 2.75) is 19.1 Å². The van der Waals surface area contributed by atoms with Crippen LogP contribution in [0.25, 0.3) is 0 Å². The molecule has 35 heavy (non-hydrogen) atoms. The van der Waals surface area contributed by atoms with Gasteiger partial charge in [0, 0.05) is 10.2 Å². The molecule has 0 saturated carbocycles. The number of nitrogens with one attached hydrogen (secondary N) is 1. The minimum Gasteiger partial charge on any atom is -0.493 e. The maximum atomic E-state index is 12.8. The lowest BCUT2D eigenvalue weighted by Gasteiger charge is -2.44. The highest BCUT2D eigenvalue weighted by Gasteiger charge is 2.38. The number of nitrogens with zero attached hydrogens (tertiary/aromatic N) is 1. The average Bonchev–Trinajstić information content (AvgIpc) is 2.88. The fraction of sp³-hybridized carbons (Fsp3) is 0.296. The first-order valence-corrected chi connectivity index (χ1v) is 12.1. The molecule has 0 aliphatic carbocycles. The minimum absolute atomic E-state index is 0.0771. The van der Waals surface area contributed by atoms with Crippen LogP contribution in [0.15, 0.2) is 65.1 Å². The van der Waals surface area contributed by atoms with E-state index in [1.165, 1.54) is 0 Å². The predicted molar refractivity (Wildman–Crippen MR) is 138 cm³/mol. The van der Waals surface area contributed by atoms with Crippen molar-refractivity contribution in [1.29, 1.82) is 0 Å². The monoisotopic (exact) mass is 540 g/mol. The Kier molecular flexibility index (Phi) is 7.83. The normalized spacial score (nSPS) is 17.2. The molecule has 8 heteroatoms. The van der Waals surface area contributed by atoms with Crippen LogP contribution in [-0.2, 0) is 9.53 Å². The van der Waals surface area contributed by atoms with E-state index in [0.29, 0.717) is 23.9 Å². The average molecular weight is 541 g/mol. The zero-order valence-electron chi connectivity index (χ0n) is 20.2. The van der Waals surface area contributed by atoms with Crippen molar-refractivity contribution < 1.29 is 23.7 Å². The quantitative estimate of drug-likeness (QED) is 0.375. The van der Waals surface area contributed by atoms with Crippen molar-refractivity contribution in [3.63, 3.8) is 0 Å². The third kappa shape index (κ3) is 5.09. The van der Waals surface area contributed by atoms with E-state index in [-0.39, 0.29) is 24.7 Å². The van der Waals surface area contributed by atoms with E-state index in [4.69, 9.17) is 18.9 Å². The number of hydrogen-bond donors (Lipinski definition) is 1. The summed E-state index contributed by atoms with van der Waals surface area (Å²) < 4.78 is 23.1. The van der Waals surface area contributed by atoms with Crippen LogP contribution < -0.4 is 19.5 Å². The van der Waals surface area contributed by atoms with Crippen molar-refractivity contribution in [2.24, 2.45) is 0 Å². The van der Waals surface area contributed by atoms with E-state index in [9.17, 15) is 4.79 Å². The van der Waals surface area contributed by atoms with Crippen LogP contribution in [-0.4, -0.2) is 45.4 Å². The summed E-state index contributed by atoms with van der Waals surface area (Å²) in [5, 5.41) is 3.62. The van der Waals surface area contributed by atoms with Crippen molar-refractivity contribution in [1.82, 2.24) is 4.90 Å². The van der Waals surface area contributed by atoms with Gasteiger partial charge in [-0.05, 0) is 53.9 Å². The molecule has 0 fully saturated rings. The number of carbonyl (C=O) groups excluding carboxylic acids is 1. The molecular formula is C27H29BrN2O5. The van der Waals surface area contributed by atoms with Gasteiger partial charge in [0.25, 0.3) is 0 Å². The van der Waals surface area contributed by atoms with Gasteiger partial charge in [0.15, 0.2) is 11.5 Å². The fourth-order valence-electron chi connectivity index (χ4n) is 4.53. The lowest BCUT2D eigenvalue weighted by atomic mass is 9.91. The smallest absolute Gasteiger partial charge is 0.320 e. The lowest BCUT2D eigenvalue weighted by molar-refractivity contribution is -0.145. The van der Waals surface area contributed by atoms with Crippen LogP contribution in [0.2, 0.25) is 0 Å². The minimum atomic E-state index is -0.382. The molecule has 7 nitrogen and oxygen atoms in total. The number of rotatable bonds is 8. The molecule has 1 aliphatic rings. The van der Waals surface area contributed by atoms with Crippen molar-refractivity contribution >= 4 is 27.6 Å². The van der Waals surface area contributed by atoms with Crippen LogP contribution in [0, 0.1) is 0 Å². The Morgan fingerprint density at radius 3 is 2.23 bits per heavy atom. The van der Waals surface area contributed by atoms with Gasteiger partial charge in [-0.25, -0.2) is 0 Å². The molecule has 2 atom stereocenters. The Hall–Kier alpha value is -3.23. The molecule has 1 heterocycles. The van der Waals surface area contributed by atoms with Crippen molar-refractivity contribution in [3.05, 3.63) is 81.8 Å². The van der Waals surface area contributed by atoms with Gasteiger partial charge in [0.2, 0.25) is 5.75 Å². The standard InChI is InChI=1S/C27H29BrN2O5/c1-5-35-24(31)16-30-25(17-9-7-6-8-10-17)20-15-19(28)11-12-21(20)29-27(30)18-13-22(32-2)26(34-4)23(14-18)33-3/h6-15,25,27,29H,5,16H2,1-4H3/t25-,27+/m0/s1. The maximum Gasteiger partial charge on any atom is 0.320 e. The molecule has 0 aromatic heterocycles. The molecule has 3 aromatic carbocycles. The van der Waals surface area contributed by atoms with Gasteiger partial charge in [-0.15, -0.1) is 0 Å². The summed E-state index contributed by atoms with van der Waals surface area (Å²) in [7, 11) is 4.75. The van der Waals surface area contributed by atoms with Gasteiger partial charge in [-0.2, -0.15) is 0 Å². The summed E-state index contributed by atoms with van der Waals surface area (Å²) in [5.74, 6) is 1.29. The Morgan fingerprint density at radius 2 is 1.63 bits per heavy atom. The summed E-state index contributed by atoms with van der Waals surface area (Å²) in [6.45, 7) is 2.20. The van der Waals surface area contributed by atoms with Crippen LogP contribution in [0.1, 0.15) is 35.8 Å². The zero-order chi connectivity index (χ0) is 24.9. The summed E-state index contributed by atoms with van der Waals surface area (Å²) in [6, 6.07) is 19.9. The number of anilines is 1. The Labute approximate surface area is 214 Å². The number of halogens is 1. The van der Waals surface area contributed by atoms with E-state index < -0.39 is 0 Å². The second-order valence-corrected chi connectivity index (χ2v) is 8.94. The molecule has 0 bridgehead atoms. The predicted octanol–water partition coefficient (Wildman–Crippen LogP) is 5.55. The number of hydrogen-bond acceptors (Lipinski definition) is 7. The van der Waals surface area contributed by atoms with E-state index in [1.807, 2.05) is 49.4 Å². The van der Waals surface area contributed by atoms with Crippen molar-refractivity contribution in [3.8, 4) is 17.2 Å². The molecule has 3 aromatic rings.